The Hall–Kier alpha value is -3.44. The van der Waals surface area contributed by atoms with Gasteiger partial charge in [0, 0.05) is 11.4 Å². The zero-order valence-electron chi connectivity index (χ0n) is 20.5. The predicted molar refractivity (Wildman–Crippen MR) is 139 cm³/mol. The molecule has 38 heavy (non-hydrogen) atoms. The summed E-state index contributed by atoms with van der Waals surface area (Å²) in [7, 11) is -3.09. The molecule has 0 bridgehead atoms. The van der Waals surface area contributed by atoms with Crippen LogP contribution in [0.4, 0.5) is 18.9 Å². The van der Waals surface area contributed by atoms with Crippen molar-refractivity contribution < 1.29 is 41.0 Å². The number of allylic oxidation sites excluding steroid dienone is 4. The molecule has 0 saturated carbocycles. The van der Waals surface area contributed by atoms with Crippen LogP contribution in [0.3, 0.4) is 0 Å². The van der Waals surface area contributed by atoms with Crippen LogP contribution in [-0.2, 0) is 14.8 Å². The van der Waals surface area contributed by atoms with Crippen molar-refractivity contribution in [3.63, 3.8) is 0 Å². The number of ether oxygens (including phenoxy) is 2. The number of methoxy groups -OCH3 is 1. The molecule has 0 fully saturated rings. The van der Waals surface area contributed by atoms with E-state index in [9.17, 15) is 26.4 Å². The van der Waals surface area contributed by atoms with Gasteiger partial charge in [0.05, 0.1) is 29.8 Å². The van der Waals surface area contributed by atoms with E-state index in [2.05, 4.69) is 6.58 Å². The summed E-state index contributed by atoms with van der Waals surface area (Å²) < 4.78 is 79.7. The molecule has 0 spiro atoms. The fraction of sp³-hybridized carbons (Fsp3) is 0.269. The van der Waals surface area contributed by atoms with E-state index in [1.165, 1.54) is 26.2 Å². The lowest BCUT2D eigenvalue weighted by molar-refractivity contribution is -0.137. The standard InChI is InChI=1S/C26H25ClF3NO6S/c1-4-18(26(28,29)30)13-22(5-2)38(34,35)31-15-20(7-9-25(32)33)37-24-8-6-16(12-23(24)31)17-10-19(27)14-21(11-17)36-3/h4-6,8,10-14,20H,1,7,9,15H2,2-3H3,(H,32,33)/b18-13+,22-5+/t20-/m0/s1. The summed E-state index contributed by atoms with van der Waals surface area (Å²) >= 11 is 6.19. The van der Waals surface area contributed by atoms with Crippen LogP contribution >= 0.6 is 11.6 Å². The maximum Gasteiger partial charge on any atom is 0.416 e. The minimum Gasteiger partial charge on any atom is -0.497 e. The van der Waals surface area contributed by atoms with Crippen LogP contribution in [-0.4, -0.2) is 45.4 Å². The van der Waals surface area contributed by atoms with E-state index >= 15 is 0 Å². The number of hydrogen-bond acceptors (Lipinski definition) is 5. The molecule has 1 heterocycles. The van der Waals surface area contributed by atoms with Gasteiger partial charge in [-0.15, -0.1) is 0 Å². The van der Waals surface area contributed by atoms with Crippen molar-refractivity contribution in [2.75, 3.05) is 18.0 Å². The molecule has 7 nitrogen and oxygen atoms in total. The van der Waals surface area contributed by atoms with E-state index in [4.69, 9.17) is 26.2 Å². The fourth-order valence-corrected chi connectivity index (χ4v) is 5.66. The zero-order valence-corrected chi connectivity index (χ0v) is 22.0. The maximum atomic E-state index is 13.7. The predicted octanol–water partition coefficient (Wildman–Crippen LogP) is 6.36. The quantitative estimate of drug-likeness (QED) is 0.352. The third-order valence-corrected chi connectivity index (χ3v) is 7.82. The minimum atomic E-state index is -4.82. The summed E-state index contributed by atoms with van der Waals surface area (Å²) in [4.78, 5) is 10.5. The van der Waals surface area contributed by atoms with Crippen molar-refractivity contribution in [2.24, 2.45) is 0 Å². The Kier molecular flexibility index (Phi) is 8.83. The summed E-state index contributed by atoms with van der Waals surface area (Å²) in [5.74, 6) is -0.505. The van der Waals surface area contributed by atoms with Gasteiger partial charge in [-0.1, -0.05) is 36.4 Å². The molecule has 1 aliphatic rings. The summed E-state index contributed by atoms with van der Waals surface area (Å²) in [5, 5.41) is 9.45. The third-order valence-electron chi connectivity index (χ3n) is 5.73. The number of sulfonamides is 1. The molecule has 0 aliphatic carbocycles. The first-order chi connectivity index (χ1) is 17.8. The number of halogens is 4. The molecule has 12 heteroatoms. The maximum absolute atomic E-state index is 13.7. The fourth-order valence-electron chi connectivity index (χ4n) is 3.84. The van der Waals surface area contributed by atoms with Gasteiger partial charge in [-0.2, -0.15) is 13.2 Å². The highest BCUT2D eigenvalue weighted by molar-refractivity contribution is 7.96. The molecule has 2 aromatic rings. The van der Waals surface area contributed by atoms with Gasteiger partial charge >= 0.3 is 12.1 Å². The molecule has 1 aliphatic heterocycles. The number of carboxylic acids is 1. The lowest BCUT2D eigenvalue weighted by atomic mass is 10.0. The first-order valence-electron chi connectivity index (χ1n) is 11.3. The number of aliphatic carboxylic acids is 1. The van der Waals surface area contributed by atoms with Crippen molar-refractivity contribution in [1.29, 1.82) is 0 Å². The monoisotopic (exact) mass is 571 g/mol. The van der Waals surface area contributed by atoms with Gasteiger partial charge in [-0.3, -0.25) is 9.10 Å². The number of hydrogen-bond donors (Lipinski definition) is 1. The van der Waals surface area contributed by atoms with Crippen LogP contribution in [0.15, 0.2) is 71.7 Å². The van der Waals surface area contributed by atoms with E-state index in [0.717, 1.165) is 10.4 Å². The number of fused-ring (bicyclic) bond motifs is 1. The van der Waals surface area contributed by atoms with Crippen LogP contribution < -0.4 is 13.8 Å². The van der Waals surface area contributed by atoms with Gasteiger partial charge in [0.2, 0.25) is 0 Å². The first-order valence-corrected chi connectivity index (χ1v) is 13.1. The lowest BCUT2D eigenvalue weighted by Gasteiger charge is -2.36. The van der Waals surface area contributed by atoms with Crippen molar-refractivity contribution in [3.8, 4) is 22.6 Å². The number of nitrogens with zero attached hydrogens (tertiary/aromatic N) is 1. The van der Waals surface area contributed by atoms with Crippen LogP contribution in [0.1, 0.15) is 19.8 Å². The second-order valence-electron chi connectivity index (χ2n) is 8.26. The molecular weight excluding hydrogens is 547 g/mol. The highest BCUT2D eigenvalue weighted by Crippen LogP contribution is 2.42. The molecule has 0 aromatic heterocycles. The number of carboxylic acid groups (broad SMARTS) is 1. The Labute approximate surface area is 223 Å². The minimum absolute atomic E-state index is 0.0183. The second-order valence-corrected chi connectivity index (χ2v) is 10.6. The smallest absolute Gasteiger partial charge is 0.416 e. The molecule has 204 valence electrons. The molecule has 2 aromatic carbocycles. The lowest BCUT2D eigenvalue weighted by Crippen LogP contribution is -2.44. The van der Waals surface area contributed by atoms with Crippen molar-refractivity contribution in [2.45, 2.75) is 32.0 Å². The van der Waals surface area contributed by atoms with Crippen LogP contribution in [0.2, 0.25) is 5.02 Å². The van der Waals surface area contributed by atoms with E-state index in [-0.39, 0.29) is 30.8 Å². The summed E-state index contributed by atoms with van der Waals surface area (Å²) in [5.41, 5.74) is -0.0190. The number of anilines is 1. The van der Waals surface area contributed by atoms with Gasteiger partial charge in [0.15, 0.2) is 0 Å². The van der Waals surface area contributed by atoms with Crippen molar-refractivity contribution >= 4 is 33.3 Å². The molecule has 0 radical (unpaired) electrons. The average molecular weight is 572 g/mol. The largest absolute Gasteiger partial charge is 0.497 e. The van der Waals surface area contributed by atoms with E-state index in [1.54, 1.807) is 24.3 Å². The van der Waals surface area contributed by atoms with Gasteiger partial charge in [-0.25, -0.2) is 8.42 Å². The Morgan fingerprint density at radius 1 is 1.26 bits per heavy atom. The van der Waals surface area contributed by atoms with E-state index in [0.29, 0.717) is 34.1 Å². The molecule has 3 rings (SSSR count). The Balaban J connectivity index is 2.16. The Morgan fingerprint density at radius 3 is 2.55 bits per heavy atom. The topological polar surface area (TPSA) is 93.1 Å². The van der Waals surface area contributed by atoms with E-state index < -0.39 is 38.8 Å². The second kappa shape index (κ2) is 11.5. The summed E-state index contributed by atoms with van der Waals surface area (Å²) in [6.07, 6.45) is -3.89. The number of benzene rings is 2. The van der Waals surface area contributed by atoms with Crippen LogP contribution in [0.5, 0.6) is 11.5 Å². The molecule has 0 amide bonds. The number of alkyl halides is 3. The molecular formula is C26H25ClF3NO6S. The average Bonchev–Trinajstić information content (AvgIpc) is 2.85. The highest BCUT2D eigenvalue weighted by atomic mass is 35.5. The van der Waals surface area contributed by atoms with Crippen molar-refractivity contribution in [1.82, 2.24) is 0 Å². The normalized spacial score (nSPS) is 16.5. The van der Waals surface area contributed by atoms with E-state index in [1.807, 2.05) is 0 Å². The highest BCUT2D eigenvalue weighted by Gasteiger charge is 2.37. The molecule has 0 unspecified atom stereocenters. The summed E-state index contributed by atoms with van der Waals surface area (Å²) in [6.45, 7) is 4.13. The van der Waals surface area contributed by atoms with Crippen LogP contribution in [0, 0.1) is 0 Å². The van der Waals surface area contributed by atoms with Gasteiger partial charge in [0.1, 0.15) is 17.6 Å². The molecule has 1 N–H and O–H groups in total. The number of rotatable bonds is 9. The van der Waals surface area contributed by atoms with Gasteiger partial charge in [-0.05, 0) is 60.9 Å². The van der Waals surface area contributed by atoms with Gasteiger partial charge < -0.3 is 14.6 Å². The van der Waals surface area contributed by atoms with Crippen molar-refractivity contribution in [3.05, 3.63) is 76.7 Å². The molecule has 1 atom stereocenters. The van der Waals surface area contributed by atoms with Gasteiger partial charge in [0.25, 0.3) is 10.0 Å². The molecule has 0 saturated heterocycles. The van der Waals surface area contributed by atoms with Crippen LogP contribution in [0.25, 0.3) is 11.1 Å². The SMILES string of the molecule is C=C/C(=C\C(=C/C)S(=O)(=O)N1C[C@H](CCC(=O)O)Oc2ccc(-c3cc(Cl)cc(OC)c3)cc21)C(F)(F)F. The Bertz CT molecular complexity index is 1400. The zero-order chi connectivity index (χ0) is 28.3. The summed E-state index contributed by atoms with van der Waals surface area (Å²) in [6, 6.07) is 9.61. The number of carbonyl (C=O) groups is 1. The first kappa shape index (κ1) is 29.1. The third kappa shape index (κ3) is 6.51. The Morgan fingerprint density at radius 2 is 1.97 bits per heavy atom.